The Hall–Kier alpha value is -3.13. The van der Waals surface area contributed by atoms with E-state index < -0.39 is 11.6 Å². The molecule has 28 heavy (non-hydrogen) atoms. The third-order valence-corrected chi connectivity index (χ3v) is 5.80. The Morgan fingerprint density at radius 1 is 1.07 bits per heavy atom. The van der Waals surface area contributed by atoms with Gasteiger partial charge in [-0.15, -0.1) is 0 Å². The van der Waals surface area contributed by atoms with E-state index in [4.69, 9.17) is 4.74 Å². The first-order valence-electron chi connectivity index (χ1n) is 9.06. The summed E-state index contributed by atoms with van der Waals surface area (Å²) in [6.07, 6.45) is 2.86. The van der Waals surface area contributed by atoms with Crippen LogP contribution in [0, 0.1) is 23.5 Å². The van der Waals surface area contributed by atoms with E-state index in [1.807, 2.05) is 0 Å². The van der Waals surface area contributed by atoms with Crippen LogP contribution >= 0.6 is 0 Å². The Balaban J connectivity index is 1.38. The summed E-state index contributed by atoms with van der Waals surface area (Å²) in [6.45, 7) is 0.771. The average molecular weight is 379 g/mol. The minimum absolute atomic E-state index is 0.0292. The average Bonchev–Trinajstić information content (AvgIpc) is 3.30. The second-order valence-corrected chi connectivity index (χ2v) is 7.40. The SMILES string of the molecule is Fc1cncc(Nc2cc(NC34C5OC[C@@H]3[C@H]54)nc(-c3ccccc3F)n2)c1. The molecule has 2 saturated carbocycles. The molecular formula is C20H15F2N5O. The Kier molecular flexibility index (Phi) is 3.09. The van der Waals surface area contributed by atoms with Crippen LogP contribution in [0.15, 0.2) is 48.8 Å². The summed E-state index contributed by atoms with van der Waals surface area (Å²) < 4.78 is 33.5. The number of halogens is 2. The van der Waals surface area contributed by atoms with Crippen LogP contribution in [-0.4, -0.2) is 33.2 Å². The molecular weight excluding hydrogens is 364 g/mol. The van der Waals surface area contributed by atoms with Gasteiger partial charge in [0, 0.05) is 24.0 Å². The number of hydrogen-bond acceptors (Lipinski definition) is 6. The zero-order valence-corrected chi connectivity index (χ0v) is 14.6. The van der Waals surface area contributed by atoms with Crippen LogP contribution in [0.4, 0.5) is 26.1 Å². The van der Waals surface area contributed by atoms with Crippen molar-refractivity contribution >= 4 is 17.3 Å². The van der Waals surface area contributed by atoms with Crippen molar-refractivity contribution in [1.82, 2.24) is 15.0 Å². The Morgan fingerprint density at radius 2 is 1.93 bits per heavy atom. The lowest BCUT2D eigenvalue weighted by atomic mass is 10.2. The highest BCUT2D eigenvalue weighted by Crippen LogP contribution is 2.78. The molecule has 8 heteroatoms. The van der Waals surface area contributed by atoms with Crippen molar-refractivity contribution in [1.29, 1.82) is 0 Å². The Morgan fingerprint density at radius 3 is 2.68 bits per heavy atom. The number of nitrogens with one attached hydrogen (secondary N) is 2. The van der Waals surface area contributed by atoms with Crippen LogP contribution in [0.5, 0.6) is 0 Å². The highest BCUT2D eigenvalue weighted by Gasteiger charge is 2.92. The van der Waals surface area contributed by atoms with Crippen LogP contribution in [0.1, 0.15) is 0 Å². The molecule has 2 N–H and O–H groups in total. The first-order chi connectivity index (χ1) is 13.6. The van der Waals surface area contributed by atoms with Gasteiger partial charge < -0.3 is 15.4 Å². The molecule has 2 aliphatic carbocycles. The van der Waals surface area contributed by atoms with Crippen LogP contribution in [0.2, 0.25) is 0 Å². The normalized spacial score (nSPS) is 28.6. The molecule has 2 bridgehead atoms. The molecule has 0 amide bonds. The van der Waals surface area contributed by atoms with Crippen molar-refractivity contribution in [2.45, 2.75) is 11.6 Å². The van der Waals surface area contributed by atoms with Crippen molar-refractivity contribution in [3.8, 4) is 11.4 Å². The quantitative estimate of drug-likeness (QED) is 0.708. The highest BCUT2D eigenvalue weighted by molar-refractivity contribution is 5.67. The zero-order valence-electron chi connectivity index (χ0n) is 14.6. The van der Waals surface area contributed by atoms with Crippen molar-refractivity contribution in [3.05, 3.63) is 60.4 Å². The minimum Gasteiger partial charge on any atom is -0.375 e. The van der Waals surface area contributed by atoms with Gasteiger partial charge in [-0.3, -0.25) is 4.98 Å². The Labute approximate surface area is 159 Å². The molecule has 3 aromatic rings. The number of rotatable bonds is 5. The molecule has 4 aliphatic rings. The number of fused-ring (bicyclic) bond motifs is 1. The third kappa shape index (κ3) is 2.24. The van der Waals surface area contributed by atoms with E-state index in [-0.39, 0.29) is 17.5 Å². The summed E-state index contributed by atoms with van der Waals surface area (Å²) >= 11 is 0. The summed E-state index contributed by atoms with van der Waals surface area (Å²) in [5.74, 6) is 1.45. The van der Waals surface area contributed by atoms with E-state index >= 15 is 0 Å². The summed E-state index contributed by atoms with van der Waals surface area (Å²) in [5, 5.41) is 6.49. The monoisotopic (exact) mass is 379 g/mol. The van der Waals surface area contributed by atoms with Gasteiger partial charge in [0.05, 0.1) is 41.9 Å². The fourth-order valence-corrected chi connectivity index (χ4v) is 4.34. The van der Waals surface area contributed by atoms with Gasteiger partial charge in [-0.1, -0.05) is 12.1 Å². The van der Waals surface area contributed by atoms with Crippen LogP contribution in [-0.2, 0) is 4.74 Å². The molecule has 0 spiro atoms. The molecule has 4 heterocycles. The Bertz CT molecular complexity index is 1090. The van der Waals surface area contributed by atoms with Crippen molar-refractivity contribution in [2.24, 2.45) is 11.8 Å². The van der Waals surface area contributed by atoms with Gasteiger partial charge in [-0.05, 0) is 12.1 Å². The molecule has 0 radical (unpaired) electrons. The maximum Gasteiger partial charge on any atom is 0.166 e. The van der Waals surface area contributed by atoms with Gasteiger partial charge in [0.25, 0.3) is 0 Å². The van der Waals surface area contributed by atoms with Gasteiger partial charge in [0.15, 0.2) is 5.82 Å². The van der Waals surface area contributed by atoms with E-state index in [9.17, 15) is 8.78 Å². The number of anilines is 3. The highest BCUT2D eigenvalue weighted by atomic mass is 19.1. The summed E-state index contributed by atoms with van der Waals surface area (Å²) in [6, 6.07) is 9.39. The second kappa shape index (κ2) is 5.45. The fourth-order valence-electron chi connectivity index (χ4n) is 4.34. The van der Waals surface area contributed by atoms with Gasteiger partial charge in [-0.25, -0.2) is 18.7 Å². The third-order valence-electron chi connectivity index (χ3n) is 5.80. The van der Waals surface area contributed by atoms with E-state index in [0.717, 1.165) is 12.8 Å². The molecule has 1 aromatic carbocycles. The van der Waals surface area contributed by atoms with Crippen LogP contribution in [0.25, 0.3) is 11.4 Å². The van der Waals surface area contributed by atoms with Crippen LogP contribution in [0.3, 0.4) is 0 Å². The summed E-state index contributed by atoms with van der Waals surface area (Å²) in [5.41, 5.74) is 0.714. The topological polar surface area (TPSA) is 72.0 Å². The second-order valence-electron chi connectivity index (χ2n) is 7.40. The van der Waals surface area contributed by atoms with E-state index in [2.05, 4.69) is 25.6 Å². The first-order valence-corrected chi connectivity index (χ1v) is 9.06. The molecule has 2 aromatic heterocycles. The number of ether oxygens (including phenoxy) is 1. The number of hydrogen-bond donors (Lipinski definition) is 2. The minimum atomic E-state index is -0.460. The lowest BCUT2D eigenvalue weighted by Crippen LogP contribution is -2.21. The maximum absolute atomic E-state index is 14.3. The molecule has 4 fully saturated rings. The largest absolute Gasteiger partial charge is 0.375 e. The fraction of sp³-hybridized carbons (Fsp3) is 0.250. The lowest BCUT2D eigenvalue weighted by Gasteiger charge is -2.14. The lowest BCUT2D eigenvalue weighted by molar-refractivity contribution is 0.176. The summed E-state index contributed by atoms with van der Waals surface area (Å²) in [7, 11) is 0. The van der Waals surface area contributed by atoms with Crippen molar-refractivity contribution in [3.63, 3.8) is 0 Å². The first kappa shape index (κ1) is 15.9. The molecule has 140 valence electrons. The molecule has 6 nitrogen and oxygen atoms in total. The predicted molar refractivity (Wildman–Crippen MR) is 98.0 cm³/mol. The smallest absolute Gasteiger partial charge is 0.166 e. The van der Waals surface area contributed by atoms with Crippen LogP contribution < -0.4 is 10.6 Å². The van der Waals surface area contributed by atoms with Gasteiger partial charge in [0.2, 0.25) is 0 Å². The van der Waals surface area contributed by atoms with Gasteiger partial charge in [0.1, 0.15) is 23.3 Å². The molecule has 2 aliphatic heterocycles. The number of aromatic nitrogens is 3. The van der Waals surface area contributed by atoms with Crippen molar-refractivity contribution < 1.29 is 13.5 Å². The van der Waals surface area contributed by atoms with E-state index in [0.29, 0.717) is 34.7 Å². The van der Waals surface area contributed by atoms with E-state index in [1.54, 1.807) is 24.3 Å². The predicted octanol–water partition coefficient (Wildman–Crippen LogP) is 3.37. The molecule has 2 unspecified atom stereocenters. The van der Waals surface area contributed by atoms with Gasteiger partial charge >= 0.3 is 0 Å². The number of pyridine rings is 1. The van der Waals surface area contributed by atoms with E-state index in [1.165, 1.54) is 18.3 Å². The number of benzene rings is 1. The van der Waals surface area contributed by atoms with Gasteiger partial charge in [-0.2, -0.15) is 0 Å². The molecule has 2 saturated heterocycles. The summed E-state index contributed by atoms with van der Waals surface area (Å²) in [4.78, 5) is 12.8. The maximum atomic E-state index is 14.3. The molecule has 4 atom stereocenters. The zero-order chi connectivity index (χ0) is 18.9. The van der Waals surface area contributed by atoms with Crippen molar-refractivity contribution in [2.75, 3.05) is 17.2 Å². The number of nitrogens with zero attached hydrogens (tertiary/aromatic N) is 3. The molecule has 7 rings (SSSR count). The standard InChI is InChI=1S/C20H15F2N5O/c21-10-5-11(8-23-7-10)24-15-6-16(27-20-13-9-28-18(20)17(13)20)26-19(25-15)12-3-1-2-4-14(12)22/h1-8,13,17-18H,9H2,(H2,24,25,26,27)/t13-,17-,18?,20?/m1/s1.